The first-order valence-corrected chi connectivity index (χ1v) is 19.2. The van der Waals surface area contributed by atoms with Crippen molar-refractivity contribution in [3.63, 3.8) is 0 Å². The van der Waals surface area contributed by atoms with Crippen LogP contribution in [0.3, 0.4) is 0 Å². The molecule has 1 aromatic carbocycles. The Hall–Kier alpha value is -1.42. The molecule has 1 aromatic rings. The minimum atomic E-state index is -4.98. The molecular weight excluding hydrogens is 515 g/mol. The van der Waals surface area contributed by atoms with Gasteiger partial charge in [-0.05, 0) is 29.5 Å². The minimum Gasteiger partial charge on any atom is -0.403 e. The molecule has 8 heteroatoms. The van der Waals surface area contributed by atoms with Gasteiger partial charge in [0, 0.05) is 35.0 Å². The summed E-state index contributed by atoms with van der Waals surface area (Å²) in [6.07, 6.45) is 6.69. The number of halogens is 5. The minimum absolute atomic E-state index is 0.192. The molecule has 2 heterocycles. The Bertz CT molecular complexity index is 947. The SMILES string of the molecule is CCC[Si@H]1CC[C@H](C2([C@H]3CC[Si@H](CCC)CC3)C=CC(c3ccc(OC(F)(F)F)c(F)c3)=C(F)C2)CC1. The van der Waals surface area contributed by atoms with Crippen molar-refractivity contribution in [3.05, 3.63) is 47.6 Å². The predicted molar refractivity (Wildman–Crippen MR) is 146 cm³/mol. The highest BCUT2D eigenvalue weighted by Crippen LogP contribution is 2.56. The van der Waals surface area contributed by atoms with Crippen molar-refractivity contribution in [3.8, 4) is 5.75 Å². The Balaban J connectivity index is 1.58. The quantitative estimate of drug-likeness (QED) is 0.229. The van der Waals surface area contributed by atoms with E-state index in [-0.39, 0.29) is 22.4 Å². The summed E-state index contributed by atoms with van der Waals surface area (Å²) in [5.41, 5.74) is 0.353. The smallest absolute Gasteiger partial charge is 0.403 e. The summed E-state index contributed by atoms with van der Waals surface area (Å²) in [7, 11) is -1.34. The molecule has 0 bridgehead atoms. The van der Waals surface area contributed by atoms with Gasteiger partial charge >= 0.3 is 6.36 Å². The number of alkyl halides is 3. The first-order valence-electron chi connectivity index (χ1n) is 14.3. The van der Waals surface area contributed by atoms with Gasteiger partial charge < -0.3 is 4.74 Å². The summed E-state index contributed by atoms with van der Waals surface area (Å²) in [5.74, 6) is -1.34. The van der Waals surface area contributed by atoms with Crippen LogP contribution in [-0.4, -0.2) is 24.0 Å². The van der Waals surface area contributed by atoms with Crippen LogP contribution in [0.5, 0.6) is 5.75 Å². The largest absolute Gasteiger partial charge is 0.573 e. The molecule has 0 radical (unpaired) electrons. The molecule has 2 aliphatic heterocycles. The fourth-order valence-electron chi connectivity index (χ4n) is 7.57. The van der Waals surface area contributed by atoms with Gasteiger partial charge in [0.25, 0.3) is 0 Å². The van der Waals surface area contributed by atoms with Crippen LogP contribution < -0.4 is 4.74 Å². The van der Waals surface area contributed by atoms with Crippen LogP contribution in [0.1, 0.15) is 64.4 Å². The lowest BCUT2D eigenvalue weighted by molar-refractivity contribution is -0.275. The van der Waals surface area contributed by atoms with Gasteiger partial charge in [-0.1, -0.05) is 107 Å². The number of hydrogen-bond acceptors (Lipinski definition) is 1. The lowest BCUT2D eigenvalue weighted by atomic mass is 9.59. The standard InChI is InChI=1S/C29H41F5OSi2/c1-3-13-36-15-8-22(9-16-36)28(23-10-17-37(14-4-2)18-11-23)12-7-24(26(31)20-28)21-5-6-27(25(30)19-21)35-29(32,33)34/h5-7,12,19,22-23,36-37H,3-4,8-11,13-18,20H2,1-2H3/t22-,23-,36-,37-. The zero-order valence-electron chi connectivity index (χ0n) is 22.2. The maximum absolute atomic E-state index is 15.9. The molecular formula is C29H41F5OSi2. The second-order valence-electron chi connectivity index (χ2n) is 11.6. The third kappa shape index (κ3) is 6.78. The third-order valence-corrected chi connectivity index (χ3v) is 16.8. The second kappa shape index (κ2) is 12.2. The summed E-state index contributed by atoms with van der Waals surface area (Å²) in [6.45, 7) is 4.55. The molecule has 3 aliphatic rings. The molecule has 1 aliphatic carbocycles. The van der Waals surface area contributed by atoms with Crippen LogP contribution in [0.4, 0.5) is 22.0 Å². The molecule has 0 unspecified atom stereocenters. The molecule has 0 saturated carbocycles. The number of allylic oxidation sites excluding steroid dienone is 4. The van der Waals surface area contributed by atoms with Gasteiger partial charge in [-0.15, -0.1) is 13.2 Å². The summed E-state index contributed by atoms with van der Waals surface area (Å²) in [5, 5.41) is 0. The molecule has 206 valence electrons. The molecule has 4 rings (SSSR count). The molecule has 2 fully saturated rings. The lowest BCUT2D eigenvalue weighted by Gasteiger charge is -2.50. The van der Waals surface area contributed by atoms with E-state index < -0.39 is 35.5 Å². The maximum atomic E-state index is 15.9. The predicted octanol–water partition coefficient (Wildman–Crippen LogP) is 9.45. The summed E-state index contributed by atoms with van der Waals surface area (Å²) in [6, 6.07) is 11.4. The van der Waals surface area contributed by atoms with E-state index in [0.717, 1.165) is 12.1 Å². The van der Waals surface area contributed by atoms with Crippen molar-refractivity contribution in [2.24, 2.45) is 17.3 Å². The van der Waals surface area contributed by atoms with Gasteiger partial charge in [-0.25, -0.2) is 8.78 Å². The van der Waals surface area contributed by atoms with Crippen LogP contribution >= 0.6 is 0 Å². The summed E-state index contributed by atoms with van der Waals surface area (Å²) >= 11 is 0. The van der Waals surface area contributed by atoms with Crippen LogP contribution in [0.2, 0.25) is 36.3 Å². The monoisotopic (exact) mass is 556 g/mol. The van der Waals surface area contributed by atoms with Crippen LogP contribution in [-0.2, 0) is 0 Å². The van der Waals surface area contributed by atoms with Crippen LogP contribution in [0, 0.1) is 23.1 Å². The van der Waals surface area contributed by atoms with Crippen molar-refractivity contribution in [1.29, 1.82) is 0 Å². The average Bonchev–Trinajstić information content (AvgIpc) is 2.86. The van der Waals surface area contributed by atoms with Crippen molar-refractivity contribution in [2.45, 2.75) is 101 Å². The van der Waals surface area contributed by atoms with E-state index in [2.05, 4.69) is 24.7 Å². The van der Waals surface area contributed by atoms with E-state index in [9.17, 15) is 17.6 Å². The van der Waals surface area contributed by atoms with Crippen LogP contribution in [0.15, 0.2) is 36.2 Å². The van der Waals surface area contributed by atoms with Gasteiger partial charge in [-0.3, -0.25) is 0 Å². The second-order valence-corrected chi connectivity index (χ2v) is 18.6. The summed E-state index contributed by atoms with van der Waals surface area (Å²) < 4.78 is 71.7. The van der Waals surface area contributed by atoms with E-state index in [1.54, 1.807) is 0 Å². The van der Waals surface area contributed by atoms with Crippen molar-refractivity contribution < 1.29 is 26.7 Å². The molecule has 2 saturated heterocycles. The fourth-order valence-corrected chi connectivity index (χ4v) is 14.4. The number of rotatable bonds is 8. The van der Waals surface area contributed by atoms with Gasteiger partial charge in [0.05, 0.1) is 0 Å². The first-order chi connectivity index (χ1) is 17.6. The third-order valence-electron chi connectivity index (χ3n) is 9.39. The van der Waals surface area contributed by atoms with E-state index in [4.69, 9.17) is 0 Å². The highest BCUT2D eigenvalue weighted by molar-refractivity contribution is 6.59. The Morgan fingerprint density at radius 2 is 1.43 bits per heavy atom. The first kappa shape index (κ1) is 28.6. The Kier molecular flexibility index (Phi) is 9.41. The molecule has 1 nitrogen and oxygen atoms in total. The Morgan fingerprint density at radius 3 is 1.86 bits per heavy atom. The Labute approximate surface area is 221 Å². The van der Waals surface area contributed by atoms with Crippen molar-refractivity contribution >= 4 is 23.2 Å². The lowest BCUT2D eigenvalue weighted by Crippen LogP contribution is -2.42. The molecule has 0 spiro atoms. The maximum Gasteiger partial charge on any atom is 0.573 e. The van der Waals surface area contributed by atoms with Crippen LogP contribution in [0.25, 0.3) is 5.57 Å². The Morgan fingerprint density at radius 1 is 0.892 bits per heavy atom. The van der Waals surface area contributed by atoms with Gasteiger partial charge in [0.15, 0.2) is 11.6 Å². The molecule has 37 heavy (non-hydrogen) atoms. The normalized spacial score (nSPS) is 28.4. The highest BCUT2D eigenvalue weighted by Gasteiger charge is 2.47. The van der Waals surface area contributed by atoms with Crippen molar-refractivity contribution in [1.82, 2.24) is 0 Å². The van der Waals surface area contributed by atoms with E-state index in [1.807, 2.05) is 6.08 Å². The fraction of sp³-hybridized carbons (Fsp3) is 0.655. The van der Waals surface area contributed by atoms with Gasteiger partial charge in [0.1, 0.15) is 5.83 Å². The highest BCUT2D eigenvalue weighted by atomic mass is 28.3. The topological polar surface area (TPSA) is 9.23 Å². The van der Waals surface area contributed by atoms with E-state index in [1.165, 1.54) is 80.9 Å². The average molecular weight is 557 g/mol. The van der Waals surface area contributed by atoms with Gasteiger partial charge in [-0.2, -0.15) is 0 Å². The number of hydrogen-bond donors (Lipinski definition) is 0. The molecule has 0 atom stereocenters. The van der Waals surface area contributed by atoms with Crippen molar-refractivity contribution in [2.75, 3.05) is 0 Å². The molecule has 0 aromatic heterocycles. The summed E-state index contributed by atoms with van der Waals surface area (Å²) in [4.78, 5) is 0. The zero-order chi connectivity index (χ0) is 26.6. The van der Waals surface area contributed by atoms with E-state index >= 15 is 4.39 Å². The molecule has 0 N–H and O–H groups in total. The molecule has 0 amide bonds. The zero-order valence-corrected chi connectivity index (χ0v) is 24.5. The van der Waals surface area contributed by atoms with Gasteiger partial charge in [0.2, 0.25) is 0 Å². The number of ether oxygens (including phenoxy) is 1. The van der Waals surface area contributed by atoms with E-state index in [0.29, 0.717) is 18.3 Å². The number of benzene rings is 1.